The van der Waals surface area contributed by atoms with Crippen LogP contribution >= 0.6 is 11.6 Å². The van der Waals surface area contributed by atoms with E-state index in [1.165, 1.54) is 25.6 Å². The number of aromatic nitrogens is 4. The van der Waals surface area contributed by atoms with Crippen molar-refractivity contribution in [3.63, 3.8) is 0 Å². The molecule has 2 saturated carbocycles. The molecule has 2 aliphatic carbocycles. The van der Waals surface area contributed by atoms with Gasteiger partial charge in [0.2, 0.25) is 0 Å². The van der Waals surface area contributed by atoms with E-state index in [1.54, 1.807) is 0 Å². The topological polar surface area (TPSA) is 43.6 Å². The Morgan fingerprint density at radius 1 is 1.25 bits per heavy atom. The Bertz CT molecular complexity index is 692. The first-order valence-electron chi connectivity index (χ1n) is 7.28. The predicted octanol–water partition coefficient (Wildman–Crippen LogP) is 3.87. The second-order valence-corrected chi connectivity index (χ2v) is 7.47. The van der Waals surface area contributed by atoms with Crippen LogP contribution in [-0.4, -0.2) is 19.5 Å². The average Bonchev–Trinajstić information content (AvgIpc) is 2.97. The van der Waals surface area contributed by atoms with Gasteiger partial charge in [0.1, 0.15) is 11.8 Å². The number of hydrogen-bond acceptors (Lipinski definition) is 3. The summed E-state index contributed by atoms with van der Waals surface area (Å²) in [5, 5.41) is 0.446. The Morgan fingerprint density at radius 3 is 2.70 bits per heavy atom. The van der Waals surface area contributed by atoms with Crippen LogP contribution in [0, 0.1) is 16.7 Å². The van der Waals surface area contributed by atoms with Gasteiger partial charge in [-0.1, -0.05) is 32.4 Å². The van der Waals surface area contributed by atoms with Crippen LogP contribution in [-0.2, 0) is 0 Å². The molecule has 2 aromatic heterocycles. The number of nitrogens with zero attached hydrogens (tertiary/aromatic N) is 4. The minimum atomic E-state index is 0.308. The normalized spacial score (nSPS) is 35.0. The van der Waals surface area contributed by atoms with E-state index >= 15 is 0 Å². The molecule has 0 amide bonds. The molecule has 0 N–H and O–H groups in total. The van der Waals surface area contributed by atoms with Crippen LogP contribution in [0.3, 0.4) is 0 Å². The van der Waals surface area contributed by atoms with Crippen LogP contribution in [0.1, 0.15) is 46.1 Å². The van der Waals surface area contributed by atoms with Gasteiger partial charge in [-0.2, -0.15) is 0 Å². The van der Waals surface area contributed by atoms with E-state index < -0.39 is 0 Å². The van der Waals surface area contributed by atoms with Crippen LogP contribution in [0.15, 0.2) is 12.7 Å². The van der Waals surface area contributed by atoms with Crippen LogP contribution in [0.25, 0.3) is 11.2 Å². The first-order valence-corrected chi connectivity index (χ1v) is 7.66. The molecule has 2 aromatic rings. The summed E-state index contributed by atoms with van der Waals surface area (Å²) >= 11 is 6.12. The molecule has 0 aliphatic heterocycles. The maximum absolute atomic E-state index is 6.12. The van der Waals surface area contributed by atoms with Gasteiger partial charge in [0.05, 0.1) is 6.33 Å². The minimum absolute atomic E-state index is 0.308. The molecule has 3 unspecified atom stereocenters. The van der Waals surface area contributed by atoms with Gasteiger partial charge >= 0.3 is 0 Å². The number of rotatable bonds is 1. The van der Waals surface area contributed by atoms with E-state index in [0.29, 0.717) is 22.0 Å². The highest BCUT2D eigenvalue weighted by Gasteiger charge is 2.62. The van der Waals surface area contributed by atoms with E-state index in [2.05, 4.69) is 40.3 Å². The number of hydrogen-bond donors (Lipinski definition) is 0. The Labute approximate surface area is 123 Å². The molecule has 106 valence electrons. The molecule has 0 aromatic carbocycles. The maximum atomic E-state index is 6.12. The number of fused-ring (bicyclic) bond motifs is 3. The summed E-state index contributed by atoms with van der Waals surface area (Å²) in [5.74, 6) is 0.798. The SMILES string of the molecule is CC1(C)C2CCC1(C)C(n1cnc3c(Cl)ncnc31)C2. The quantitative estimate of drug-likeness (QED) is 0.749. The highest BCUT2D eigenvalue weighted by Crippen LogP contribution is 2.69. The largest absolute Gasteiger partial charge is 0.311 e. The molecule has 0 radical (unpaired) electrons. The summed E-state index contributed by atoms with van der Waals surface area (Å²) in [6.07, 6.45) is 7.29. The smallest absolute Gasteiger partial charge is 0.165 e. The van der Waals surface area contributed by atoms with Crippen molar-refractivity contribution in [1.29, 1.82) is 0 Å². The summed E-state index contributed by atoms with van der Waals surface area (Å²) in [6, 6.07) is 0.465. The zero-order chi connectivity index (χ0) is 14.1. The molecule has 4 nitrogen and oxygen atoms in total. The zero-order valence-corrected chi connectivity index (χ0v) is 12.9. The summed E-state index contributed by atoms with van der Waals surface area (Å²) in [5.41, 5.74) is 2.28. The Hall–Kier alpha value is -1.16. The van der Waals surface area contributed by atoms with E-state index in [9.17, 15) is 0 Å². The molecule has 2 bridgehead atoms. The van der Waals surface area contributed by atoms with Crippen LogP contribution < -0.4 is 0 Å². The summed E-state index contributed by atoms with van der Waals surface area (Å²) in [6.45, 7) is 7.27. The number of imidazole rings is 1. The molecular weight excluding hydrogens is 272 g/mol. The van der Waals surface area contributed by atoms with E-state index in [4.69, 9.17) is 11.6 Å². The third kappa shape index (κ3) is 1.31. The van der Waals surface area contributed by atoms with Crippen LogP contribution in [0.2, 0.25) is 5.15 Å². The second kappa shape index (κ2) is 3.73. The molecule has 4 rings (SSSR count). The van der Waals surface area contributed by atoms with Crippen molar-refractivity contribution in [2.75, 3.05) is 0 Å². The van der Waals surface area contributed by atoms with Gasteiger partial charge in [-0.3, -0.25) is 0 Å². The van der Waals surface area contributed by atoms with Gasteiger partial charge in [-0.25, -0.2) is 15.0 Å². The second-order valence-electron chi connectivity index (χ2n) is 7.11. The number of halogens is 1. The average molecular weight is 291 g/mol. The fourth-order valence-electron chi connectivity index (χ4n) is 4.63. The molecule has 5 heteroatoms. The Balaban J connectivity index is 1.88. The fourth-order valence-corrected chi connectivity index (χ4v) is 4.81. The zero-order valence-electron chi connectivity index (χ0n) is 12.1. The van der Waals surface area contributed by atoms with E-state index in [0.717, 1.165) is 17.1 Å². The highest BCUT2D eigenvalue weighted by molar-refractivity contribution is 6.33. The van der Waals surface area contributed by atoms with E-state index in [-0.39, 0.29) is 0 Å². The van der Waals surface area contributed by atoms with Crippen LogP contribution in [0.5, 0.6) is 0 Å². The highest BCUT2D eigenvalue weighted by atomic mass is 35.5. The monoisotopic (exact) mass is 290 g/mol. The van der Waals surface area contributed by atoms with Gasteiger partial charge in [0, 0.05) is 6.04 Å². The summed E-state index contributed by atoms with van der Waals surface area (Å²) in [7, 11) is 0. The summed E-state index contributed by atoms with van der Waals surface area (Å²) in [4.78, 5) is 12.9. The first-order chi connectivity index (χ1) is 9.45. The summed E-state index contributed by atoms with van der Waals surface area (Å²) < 4.78 is 2.24. The lowest BCUT2D eigenvalue weighted by molar-refractivity contribution is 0.109. The van der Waals surface area contributed by atoms with Crippen molar-refractivity contribution in [3.05, 3.63) is 17.8 Å². The molecule has 2 aliphatic rings. The molecule has 0 spiro atoms. The van der Waals surface area contributed by atoms with Gasteiger partial charge in [-0.05, 0) is 36.0 Å². The van der Waals surface area contributed by atoms with Gasteiger partial charge in [-0.15, -0.1) is 0 Å². The minimum Gasteiger partial charge on any atom is -0.311 e. The molecule has 0 saturated heterocycles. The third-order valence-electron chi connectivity index (χ3n) is 6.40. The standard InChI is InChI=1S/C15H19ClN4/c1-14(2)9-4-5-15(14,3)10(6-9)20-8-19-11-12(16)17-7-18-13(11)20/h7-10H,4-6H2,1-3H3. The third-order valence-corrected chi connectivity index (χ3v) is 6.67. The molecular formula is C15H19ClN4. The van der Waals surface area contributed by atoms with Crippen molar-refractivity contribution >= 4 is 22.8 Å². The maximum Gasteiger partial charge on any atom is 0.165 e. The lowest BCUT2D eigenvalue weighted by atomic mass is 9.69. The van der Waals surface area contributed by atoms with Gasteiger partial charge in [0.15, 0.2) is 10.8 Å². The molecule has 2 fully saturated rings. The molecule has 20 heavy (non-hydrogen) atoms. The Kier molecular flexibility index (Phi) is 2.34. The Morgan fingerprint density at radius 2 is 2.05 bits per heavy atom. The van der Waals surface area contributed by atoms with Crippen molar-refractivity contribution in [3.8, 4) is 0 Å². The van der Waals surface area contributed by atoms with Crippen molar-refractivity contribution < 1.29 is 0 Å². The lowest BCUT2D eigenvalue weighted by Gasteiger charge is -2.39. The van der Waals surface area contributed by atoms with Crippen molar-refractivity contribution in [1.82, 2.24) is 19.5 Å². The molecule has 3 atom stereocenters. The van der Waals surface area contributed by atoms with Gasteiger partial charge < -0.3 is 4.57 Å². The lowest BCUT2D eigenvalue weighted by Crippen LogP contribution is -2.33. The van der Waals surface area contributed by atoms with Crippen LogP contribution in [0.4, 0.5) is 0 Å². The molecule has 2 heterocycles. The fraction of sp³-hybridized carbons (Fsp3) is 0.667. The van der Waals surface area contributed by atoms with Crippen molar-refractivity contribution in [2.45, 2.75) is 46.1 Å². The van der Waals surface area contributed by atoms with Crippen molar-refractivity contribution in [2.24, 2.45) is 16.7 Å². The van der Waals surface area contributed by atoms with E-state index in [1.807, 2.05) is 6.33 Å². The van der Waals surface area contributed by atoms with Gasteiger partial charge in [0.25, 0.3) is 0 Å². The first kappa shape index (κ1) is 12.6. The predicted molar refractivity (Wildman–Crippen MR) is 78.6 cm³/mol.